The molecule has 1 N–H and O–H groups in total. The summed E-state index contributed by atoms with van der Waals surface area (Å²) < 4.78 is 28.3. The largest absolute Gasteiger partial charge is 0.314 e. The molecule has 0 aromatic heterocycles. The number of piperazine rings is 1. The number of allylic oxidation sites excluding steroid dienone is 1. The minimum absolute atomic E-state index is 0.168. The van der Waals surface area contributed by atoms with Crippen molar-refractivity contribution in [3.8, 4) is 0 Å². The highest BCUT2D eigenvalue weighted by Gasteiger charge is 2.26. The fourth-order valence-electron chi connectivity index (χ4n) is 2.96. The molecule has 1 saturated heterocycles. The molecule has 1 atom stereocenters. The number of hydrogen-bond acceptors (Lipinski definition) is 2. The molecule has 1 aliphatic heterocycles. The number of hydrogen-bond donors (Lipinski definition) is 1. The van der Waals surface area contributed by atoms with E-state index < -0.39 is 11.6 Å². The maximum Gasteiger partial charge on any atom is 0.130 e. The first kappa shape index (κ1) is 16.1. The summed E-state index contributed by atoms with van der Waals surface area (Å²) >= 11 is 0. The third-order valence-corrected chi connectivity index (χ3v) is 4.06. The molecule has 0 saturated carbocycles. The Morgan fingerprint density at radius 1 is 1.19 bits per heavy atom. The van der Waals surface area contributed by atoms with Gasteiger partial charge in [0, 0.05) is 37.8 Å². The van der Waals surface area contributed by atoms with Crippen LogP contribution >= 0.6 is 0 Å². The normalized spacial score (nSPS) is 17.6. The van der Waals surface area contributed by atoms with E-state index in [0.717, 1.165) is 51.9 Å². The van der Waals surface area contributed by atoms with Crippen molar-refractivity contribution < 1.29 is 8.78 Å². The molecular weight excluding hydrogens is 270 g/mol. The second-order valence-corrected chi connectivity index (χ2v) is 5.51. The molecule has 1 fully saturated rings. The van der Waals surface area contributed by atoms with Gasteiger partial charge in [-0.1, -0.05) is 18.6 Å². The molecule has 1 aliphatic rings. The molecule has 4 heteroatoms. The monoisotopic (exact) mass is 294 g/mol. The van der Waals surface area contributed by atoms with E-state index in [-0.39, 0.29) is 11.6 Å². The van der Waals surface area contributed by atoms with Crippen LogP contribution in [0.2, 0.25) is 0 Å². The van der Waals surface area contributed by atoms with Crippen molar-refractivity contribution in [1.82, 2.24) is 10.2 Å². The molecular formula is C17H24F2N2. The molecule has 1 heterocycles. The molecule has 0 radical (unpaired) electrons. The molecule has 1 aromatic rings. The summed E-state index contributed by atoms with van der Waals surface area (Å²) in [6.07, 6.45) is 5.60. The van der Waals surface area contributed by atoms with E-state index >= 15 is 0 Å². The van der Waals surface area contributed by atoms with Gasteiger partial charge in [0.25, 0.3) is 0 Å². The molecule has 21 heavy (non-hydrogen) atoms. The number of rotatable bonds is 7. The van der Waals surface area contributed by atoms with Crippen LogP contribution in [-0.2, 0) is 0 Å². The predicted octanol–water partition coefficient (Wildman–Crippen LogP) is 3.66. The Kier molecular flexibility index (Phi) is 6.33. The van der Waals surface area contributed by atoms with E-state index in [1.807, 2.05) is 6.08 Å². The van der Waals surface area contributed by atoms with Crippen LogP contribution < -0.4 is 5.32 Å². The quantitative estimate of drug-likeness (QED) is 0.610. The molecule has 2 nitrogen and oxygen atoms in total. The van der Waals surface area contributed by atoms with Crippen LogP contribution in [0, 0.1) is 11.6 Å². The highest BCUT2D eigenvalue weighted by Crippen LogP contribution is 2.31. The molecule has 0 bridgehead atoms. The molecule has 0 amide bonds. The van der Waals surface area contributed by atoms with Gasteiger partial charge < -0.3 is 5.32 Å². The smallest absolute Gasteiger partial charge is 0.130 e. The summed E-state index contributed by atoms with van der Waals surface area (Å²) in [7, 11) is 0. The summed E-state index contributed by atoms with van der Waals surface area (Å²) in [5, 5.41) is 3.28. The van der Waals surface area contributed by atoms with Gasteiger partial charge in [-0.3, -0.25) is 4.90 Å². The van der Waals surface area contributed by atoms with Gasteiger partial charge in [-0.05, 0) is 31.4 Å². The Balaban J connectivity index is 2.15. The second kappa shape index (κ2) is 8.25. The molecule has 0 spiro atoms. The Labute approximate surface area is 125 Å². The van der Waals surface area contributed by atoms with E-state index in [1.165, 1.54) is 18.2 Å². The lowest BCUT2D eigenvalue weighted by Crippen LogP contribution is -2.45. The molecule has 116 valence electrons. The molecule has 2 rings (SSSR count). The van der Waals surface area contributed by atoms with Crippen molar-refractivity contribution in [3.05, 3.63) is 48.1 Å². The fraction of sp³-hybridized carbons (Fsp3) is 0.529. The Morgan fingerprint density at radius 2 is 1.86 bits per heavy atom. The van der Waals surface area contributed by atoms with Crippen molar-refractivity contribution in [3.63, 3.8) is 0 Å². The SMILES string of the molecule is C=CCCCC[C@H](c1c(F)cccc1F)N1CCNCC1. The van der Waals surface area contributed by atoms with E-state index in [0.29, 0.717) is 0 Å². The summed E-state index contributed by atoms with van der Waals surface area (Å²) in [4.78, 5) is 2.20. The molecule has 1 aromatic carbocycles. The van der Waals surface area contributed by atoms with E-state index in [4.69, 9.17) is 0 Å². The predicted molar refractivity (Wildman–Crippen MR) is 82.2 cm³/mol. The topological polar surface area (TPSA) is 15.3 Å². The zero-order valence-electron chi connectivity index (χ0n) is 12.5. The first-order chi connectivity index (χ1) is 10.2. The van der Waals surface area contributed by atoms with Crippen LogP contribution in [0.5, 0.6) is 0 Å². The third-order valence-electron chi connectivity index (χ3n) is 4.06. The summed E-state index contributed by atoms with van der Waals surface area (Å²) in [6.45, 7) is 7.13. The first-order valence-electron chi connectivity index (χ1n) is 7.73. The van der Waals surface area contributed by atoms with Gasteiger partial charge in [0.15, 0.2) is 0 Å². The summed E-state index contributed by atoms with van der Waals surface area (Å²) in [6, 6.07) is 3.98. The average Bonchev–Trinajstić information content (AvgIpc) is 2.50. The standard InChI is InChI=1S/C17H24F2N2/c1-2-3-4-5-9-16(21-12-10-20-11-13-21)17-14(18)7-6-8-15(17)19/h2,6-8,16,20H,1,3-5,9-13H2/t16-/m1/s1. The van der Waals surface area contributed by atoms with Crippen molar-refractivity contribution in [2.24, 2.45) is 0 Å². The highest BCUT2D eigenvalue weighted by molar-refractivity contribution is 5.23. The zero-order valence-corrected chi connectivity index (χ0v) is 12.5. The third kappa shape index (κ3) is 4.35. The van der Waals surface area contributed by atoms with Crippen LogP contribution in [0.3, 0.4) is 0 Å². The van der Waals surface area contributed by atoms with Crippen molar-refractivity contribution in [2.45, 2.75) is 31.7 Å². The number of nitrogens with zero attached hydrogens (tertiary/aromatic N) is 1. The average molecular weight is 294 g/mol. The maximum atomic E-state index is 14.1. The van der Waals surface area contributed by atoms with Crippen LogP contribution in [0.4, 0.5) is 8.78 Å². The van der Waals surface area contributed by atoms with Gasteiger partial charge in [0.05, 0.1) is 0 Å². The lowest BCUT2D eigenvalue weighted by Gasteiger charge is -2.35. The Morgan fingerprint density at radius 3 is 2.48 bits per heavy atom. The number of benzene rings is 1. The van der Waals surface area contributed by atoms with Gasteiger partial charge in [0.2, 0.25) is 0 Å². The van der Waals surface area contributed by atoms with Crippen LogP contribution in [0.25, 0.3) is 0 Å². The van der Waals surface area contributed by atoms with Crippen LogP contribution in [-0.4, -0.2) is 31.1 Å². The summed E-state index contributed by atoms with van der Waals surface area (Å²) in [5.41, 5.74) is 0.234. The maximum absolute atomic E-state index is 14.1. The number of halogens is 2. The van der Waals surface area contributed by atoms with Gasteiger partial charge in [-0.2, -0.15) is 0 Å². The first-order valence-corrected chi connectivity index (χ1v) is 7.73. The van der Waals surface area contributed by atoms with E-state index in [2.05, 4.69) is 16.8 Å². The molecule has 0 aliphatic carbocycles. The minimum atomic E-state index is -0.428. The van der Waals surface area contributed by atoms with E-state index in [9.17, 15) is 8.78 Å². The van der Waals surface area contributed by atoms with Crippen LogP contribution in [0.15, 0.2) is 30.9 Å². The Bertz CT molecular complexity index is 436. The van der Waals surface area contributed by atoms with Crippen LogP contribution in [0.1, 0.15) is 37.3 Å². The van der Waals surface area contributed by atoms with Crippen molar-refractivity contribution in [1.29, 1.82) is 0 Å². The number of unbranched alkanes of at least 4 members (excludes halogenated alkanes) is 2. The van der Waals surface area contributed by atoms with Crippen molar-refractivity contribution >= 4 is 0 Å². The second-order valence-electron chi connectivity index (χ2n) is 5.51. The highest BCUT2D eigenvalue weighted by atomic mass is 19.1. The lowest BCUT2D eigenvalue weighted by molar-refractivity contribution is 0.156. The minimum Gasteiger partial charge on any atom is -0.314 e. The lowest BCUT2D eigenvalue weighted by atomic mass is 9.97. The molecule has 0 unspecified atom stereocenters. The van der Waals surface area contributed by atoms with Gasteiger partial charge in [-0.25, -0.2) is 8.78 Å². The zero-order chi connectivity index (χ0) is 15.1. The van der Waals surface area contributed by atoms with Gasteiger partial charge >= 0.3 is 0 Å². The van der Waals surface area contributed by atoms with Gasteiger partial charge in [0.1, 0.15) is 11.6 Å². The van der Waals surface area contributed by atoms with Crippen molar-refractivity contribution in [2.75, 3.05) is 26.2 Å². The van der Waals surface area contributed by atoms with Gasteiger partial charge in [-0.15, -0.1) is 6.58 Å². The number of nitrogens with one attached hydrogen (secondary N) is 1. The fourth-order valence-corrected chi connectivity index (χ4v) is 2.96. The van der Waals surface area contributed by atoms with E-state index in [1.54, 1.807) is 0 Å². The summed E-state index contributed by atoms with van der Waals surface area (Å²) in [5.74, 6) is -0.857. The Hall–Kier alpha value is -1.26.